The van der Waals surface area contributed by atoms with Gasteiger partial charge in [-0.15, -0.1) is 0 Å². The van der Waals surface area contributed by atoms with Crippen LogP contribution in [0.1, 0.15) is 5.56 Å². The van der Waals surface area contributed by atoms with Crippen molar-refractivity contribution in [1.29, 1.82) is 0 Å². The SMILES string of the molecule is OCc1cnn(-c2cccc(Br)c2)c1. The van der Waals surface area contributed by atoms with Gasteiger partial charge in [0.1, 0.15) is 0 Å². The van der Waals surface area contributed by atoms with Crippen molar-refractivity contribution >= 4 is 15.9 Å². The second-order valence-electron chi connectivity index (χ2n) is 2.93. The van der Waals surface area contributed by atoms with Gasteiger partial charge in [0.05, 0.1) is 18.5 Å². The fourth-order valence-corrected chi connectivity index (χ4v) is 1.59. The van der Waals surface area contributed by atoms with Crippen LogP contribution >= 0.6 is 15.9 Å². The van der Waals surface area contributed by atoms with Gasteiger partial charge in [-0.2, -0.15) is 5.10 Å². The van der Waals surface area contributed by atoms with E-state index < -0.39 is 0 Å². The van der Waals surface area contributed by atoms with Crippen LogP contribution in [0.2, 0.25) is 0 Å². The van der Waals surface area contributed by atoms with Gasteiger partial charge in [-0.1, -0.05) is 22.0 Å². The Morgan fingerprint density at radius 2 is 2.29 bits per heavy atom. The van der Waals surface area contributed by atoms with E-state index in [1.165, 1.54) is 0 Å². The van der Waals surface area contributed by atoms with E-state index in [-0.39, 0.29) is 6.61 Å². The van der Waals surface area contributed by atoms with Crippen LogP contribution in [0.15, 0.2) is 41.1 Å². The first-order valence-corrected chi connectivity index (χ1v) is 4.99. The number of hydrogen-bond donors (Lipinski definition) is 1. The monoisotopic (exact) mass is 252 g/mol. The summed E-state index contributed by atoms with van der Waals surface area (Å²) in [5.41, 5.74) is 1.78. The maximum Gasteiger partial charge on any atom is 0.0712 e. The molecule has 14 heavy (non-hydrogen) atoms. The number of hydrogen-bond acceptors (Lipinski definition) is 2. The van der Waals surface area contributed by atoms with Gasteiger partial charge in [0, 0.05) is 16.2 Å². The predicted molar refractivity (Wildman–Crippen MR) is 57.2 cm³/mol. The van der Waals surface area contributed by atoms with Gasteiger partial charge in [0.2, 0.25) is 0 Å². The third kappa shape index (κ3) is 1.86. The van der Waals surface area contributed by atoms with Crippen LogP contribution in [0.4, 0.5) is 0 Å². The predicted octanol–water partition coefficient (Wildman–Crippen LogP) is 2.13. The molecule has 72 valence electrons. The fourth-order valence-electron chi connectivity index (χ4n) is 1.20. The summed E-state index contributed by atoms with van der Waals surface area (Å²) < 4.78 is 2.74. The summed E-state index contributed by atoms with van der Waals surface area (Å²) in [4.78, 5) is 0. The molecule has 0 unspecified atom stereocenters. The third-order valence-electron chi connectivity index (χ3n) is 1.89. The molecule has 1 aromatic carbocycles. The molecule has 1 aromatic heterocycles. The van der Waals surface area contributed by atoms with Gasteiger partial charge >= 0.3 is 0 Å². The molecule has 2 rings (SSSR count). The zero-order valence-corrected chi connectivity index (χ0v) is 8.98. The molecule has 0 bridgehead atoms. The van der Waals surface area contributed by atoms with Crippen molar-refractivity contribution in [1.82, 2.24) is 9.78 Å². The minimum Gasteiger partial charge on any atom is -0.392 e. The summed E-state index contributed by atoms with van der Waals surface area (Å²) >= 11 is 3.39. The summed E-state index contributed by atoms with van der Waals surface area (Å²) in [5.74, 6) is 0. The molecule has 1 heterocycles. The minimum absolute atomic E-state index is 0.0218. The number of aliphatic hydroxyl groups excluding tert-OH is 1. The summed E-state index contributed by atoms with van der Waals surface area (Å²) in [6.07, 6.45) is 3.46. The maximum atomic E-state index is 8.89. The Kier molecular flexibility index (Phi) is 2.65. The highest BCUT2D eigenvalue weighted by atomic mass is 79.9. The molecule has 0 aliphatic carbocycles. The van der Waals surface area contributed by atoms with Crippen molar-refractivity contribution < 1.29 is 5.11 Å². The van der Waals surface area contributed by atoms with Gasteiger partial charge in [-0.05, 0) is 18.2 Å². The molecule has 4 heteroatoms. The maximum absolute atomic E-state index is 8.89. The largest absolute Gasteiger partial charge is 0.392 e. The lowest BCUT2D eigenvalue weighted by atomic mass is 10.3. The van der Waals surface area contributed by atoms with E-state index in [0.717, 1.165) is 15.7 Å². The number of aliphatic hydroxyl groups is 1. The molecule has 1 N–H and O–H groups in total. The van der Waals surface area contributed by atoms with Gasteiger partial charge < -0.3 is 5.11 Å². The Morgan fingerprint density at radius 1 is 1.43 bits per heavy atom. The second-order valence-corrected chi connectivity index (χ2v) is 3.85. The molecule has 3 nitrogen and oxygen atoms in total. The molecule has 0 spiro atoms. The van der Waals surface area contributed by atoms with Crippen LogP contribution in [-0.4, -0.2) is 14.9 Å². The number of halogens is 1. The lowest BCUT2D eigenvalue weighted by Crippen LogP contribution is -1.93. The molecule has 0 saturated carbocycles. The lowest BCUT2D eigenvalue weighted by Gasteiger charge is -2.00. The van der Waals surface area contributed by atoms with Crippen LogP contribution in [0.3, 0.4) is 0 Å². The summed E-state index contributed by atoms with van der Waals surface area (Å²) in [7, 11) is 0. The van der Waals surface area contributed by atoms with Gasteiger partial charge in [-0.25, -0.2) is 4.68 Å². The molecule has 0 saturated heterocycles. The van der Waals surface area contributed by atoms with E-state index in [2.05, 4.69) is 21.0 Å². The van der Waals surface area contributed by atoms with E-state index in [0.29, 0.717) is 0 Å². The van der Waals surface area contributed by atoms with Gasteiger partial charge in [0.25, 0.3) is 0 Å². The summed E-state index contributed by atoms with van der Waals surface area (Å²) in [6, 6.07) is 7.83. The van der Waals surface area contributed by atoms with E-state index >= 15 is 0 Å². The highest BCUT2D eigenvalue weighted by Gasteiger charge is 1.99. The van der Waals surface area contributed by atoms with Crippen molar-refractivity contribution in [2.24, 2.45) is 0 Å². The van der Waals surface area contributed by atoms with Crippen molar-refractivity contribution in [2.45, 2.75) is 6.61 Å². The first-order chi connectivity index (χ1) is 6.79. The number of rotatable bonds is 2. The van der Waals surface area contributed by atoms with Crippen LogP contribution in [0.5, 0.6) is 0 Å². The van der Waals surface area contributed by atoms with Crippen LogP contribution < -0.4 is 0 Å². The first kappa shape index (κ1) is 9.43. The van der Waals surface area contributed by atoms with Crippen LogP contribution in [0, 0.1) is 0 Å². The molecule has 0 fully saturated rings. The smallest absolute Gasteiger partial charge is 0.0712 e. The molecule has 2 aromatic rings. The fraction of sp³-hybridized carbons (Fsp3) is 0.100. The van der Waals surface area contributed by atoms with E-state index in [1.807, 2.05) is 30.5 Å². The minimum atomic E-state index is 0.0218. The van der Waals surface area contributed by atoms with Crippen molar-refractivity contribution in [3.05, 3.63) is 46.7 Å². The van der Waals surface area contributed by atoms with Crippen molar-refractivity contribution in [3.63, 3.8) is 0 Å². The lowest BCUT2D eigenvalue weighted by molar-refractivity contribution is 0.282. The van der Waals surface area contributed by atoms with E-state index in [4.69, 9.17) is 5.11 Å². The molecule has 0 amide bonds. The zero-order chi connectivity index (χ0) is 9.97. The highest BCUT2D eigenvalue weighted by Crippen LogP contribution is 2.15. The average molecular weight is 253 g/mol. The van der Waals surface area contributed by atoms with Crippen molar-refractivity contribution in [3.8, 4) is 5.69 Å². The van der Waals surface area contributed by atoms with E-state index in [1.54, 1.807) is 10.9 Å². The normalized spacial score (nSPS) is 10.4. The number of nitrogens with zero attached hydrogens (tertiary/aromatic N) is 2. The van der Waals surface area contributed by atoms with Gasteiger partial charge in [-0.3, -0.25) is 0 Å². The first-order valence-electron chi connectivity index (χ1n) is 4.20. The molecule has 0 aliphatic rings. The summed E-state index contributed by atoms with van der Waals surface area (Å²) in [6.45, 7) is 0.0218. The standard InChI is InChI=1S/C10H9BrN2O/c11-9-2-1-3-10(4-9)13-6-8(7-14)5-12-13/h1-6,14H,7H2. The zero-order valence-electron chi connectivity index (χ0n) is 7.39. The average Bonchev–Trinajstić information content (AvgIpc) is 2.66. The summed E-state index contributed by atoms with van der Waals surface area (Å²) in [5, 5.41) is 13.0. The Labute approximate surface area is 90.1 Å². The Hall–Kier alpha value is -1.13. The van der Waals surface area contributed by atoms with Crippen molar-refractivity contribution in [2.75, 3.05) is 0 Å². The van der Waals surface area contributed by atoms with Crippen LogP contribution in [-0.2, 0) is 6.61 Å². The number of aromatic nitrogens is 2. The Bertz CT molecular complexity index is 439. The van der Waals surface area contributed by atoms with Crippen LogP contribution in [0.25, 0.3) is 5.69 Å². The second kappa shape index (κ2) is 3.94. The highest BCUT2D eigenvalue weighted by molar-refractivity contribution is 9.10. The topological polar surface area (TPSA) is 38.1 Å². The molecule has 0 radical (unpaired) electrons. The molecule has 0 atom stereocenters. The quantitative estimate of drug-likeness (QED) is 0.890. The Balaban J connectivity index is 2.39. The third-order valence-corrected chi connectivity index (χ3v) is 2.38. The molecular weight excluding hydrogens is 244 g/mol. The molecule has 0 aliphatic heterocycles. The van der Waals surface area contributed by atoms with E-state index in [9.17, 15) is 0 Å². The number of benzene rings is 1. The van der Waals surface area contributed by atoms with Gasteiger partial charge in [0.15, 0.2) is 0 Å². The Morgan fingerprint density at radius 3 is 2.93 bits per heavy atom. The molecular formula is C10H9BrN2O.